The first-order chi connectivity index (χ1) is 24.4. The van der Waals surface area contributed by atoms with E-state index in [4.69, 9.17) is 24.3 Å². The Morgan fingerprint density at radius 3 is 1.48 bits per heavy atom. The molecule has 0 saturated carbocycles. The van der Waals surface area contributed by atoms with Crippen molar-refractivity contribution >= 4 is 13.8 Å². The number of allylic oxidation sites excluding steroid dienone is 5. The highest BCUT2D eigenvalue weighted by molar-refractivity contribution is 7.47. The molecule has 0 aromatic rings. The Balaban J connectivity index is 4.12. The molecule has 0 spiro atoms. The van der Waals surface area contributed by atoms with Gasteiger partial charge in [-0.25, -0.2) is 4.57 Å². The van der Waals surface area contributed by atoms with Crippen molar-refractivity contribution in [2.75, 3.05) is 26.4 Å². The molecule has 8 nitrogen and oxygen atoms in total. The summed E-state index contributed by atoms with van der Waals surface area (Å²) < 4.78 is 33.1. The molecule has 0 aliphatic heterocycles. The normalized spacial score (nSPS) is 13.8. The van der Waals surface area contributed by atoms with Gasteiger partial charge in [0.25, 0.3) is 0 Å². The quantitative estimate of drug-likeness (QED) is 0.0211. The number of ether oxygens (including phenoxy) is 2. The zero-order chi connectivity index (χ0) is 36.6. The summed E-state index contributed by atoms with van der Waals surface area (Å²) in [5.74, 6) is -0.297. The molecule has 2 atom stereocenters. The number of rotatable bonds is 39. The van der Waals surface area contributed by atoms with E-state index in [-0.39, 0.29) is 32.3 Å². The predicted molar refractivity (Wildman–Crippen MR) is 210 cm³/mol. The minimum absolute atomic E-state index is 0.0682. The van der Waals surface area contributed by atoms with E-state index < -0.39 is 13.9 Å². The van der Waals surface area contributed by atoms with Gasteiger partial charge in [-0.3, -0.25) is 13.8 Å². The van der Waals surface area contributed by atoms with Crippen LogP contribution < -0.4 is 5.73 Å². The lowest BCUT2D eigenvalue weighted by Crippen LogP contribution is -2.25. The molecule has 0 heterocycles. The molecule has 294 valence electrons. The molecule has 50 heavy (non-hydrogen) atoms. The number of carbonyl (C=O) groups excluding carboxylic acids is 1. The molecule has 0 amide bonds. The first-order valence-electron chi connectivity index (χ1n) is 20.5. The van der Waals surface area contributed by atoms with Crippen molar-refractivity contribution in [1.29, 1.82) is 0 Å². The van der Waals surface area contributed by atoms with E-state index >= 15 is 0 Å². The Morgan fingerprint density at radius 2 is 1.02 bits per heavy atom. The smallest absolute Gasteiger partial charge is 0.472 e. The first-order valence-corrected chi connectivity index (χ1v) is 22.0. The van der Waals surface area contributed by atoms with Gasteiger partial charge in [0.15, 0.2) is 6.10 Å². The monoisotopic (exact) mass is 728 g/mol. The maximum absolute atomic E-state index is 12.4. The summed E-state index contributed by atoms with van der Waals surface area (Å²) >= 11 is 0. The van der Waals surface area contributed by atoms with Crippen LogP contribution in [0.5, 0.6) is 0 Å². The largest absolute Gasteiger partial charge is 0.492 e. The van der Waals surface area contributed by atoms with Crippen molar-refractivity contribution in [1.82, 2.24) is 0 Å². The van der Waals surface area contributed by atoms with Crippen LogP contribution in [-0.4, -0.2) is 43.3 Å². The SMILES string of the molecule is CCCCCCC=CCCCCCCCCC=COC(COC(=O)CCCCCCCCCC=CCCCCCC)COP(=O)(O)OCCN. The second-order valence-corrected chi connectivity index (χ2v) is 15.0. The maximum Gasteiger partial charge on any atom is 0.472 e. The van der Waals surface area contributed by atoms with Crippen molar-refractivity contribution in [3.63, 3.8) is 0 Å². The second-order valence-electron chi connectivity index (χ2n) is 13.6. The molecule has 0 bridgehead atoms. The minimum Gasteiger partial charge on any atom is -0.492 e. The van der Waals surface area contributed by atoms with E-state index in [0.29, 0.717) is 6.42 Å². The molecule has 9 heteroatoms. The average Bonchev–Trinajstić information content (AvgIpc) is 3.11. The number of carbonyl (C=O) groups is 1. The van der Waals surface area contributed by atoms with Gasteiger partial charge in [-0.2, -0.15) is 0 Å². The third kappa shape index (κ3) is 37.8. The highest BCUT2D eigenvalue weighted by atomic mass is 31.2. The highest BCUT2D eigenvalue weighted by Gasteiger charge is 2.24. The van der Waals surface area contributed by atoms with Crippen LogP contribution in [0.15, 0.2) is 36.6 Å². The maximum atomic E-state index is 12.4. The van der Waals surface area contributed by atoms with Crippen molar-refractivity contribution in [3.8, 4) is 0 Å². The second kappa shape index (κ2) is 38.8. The number of unbranched alkanes of at least 4 members (excludes halogenated alkanes) is 22. The third-order valence-corrected chi connectivity index (χ3v) is 9.60. The minimum atomic E-state index is -4.27. The molecule has 0 rings (SSSR count). The average molecular weight is 728 g/mol. The summed E-state index contributed by atoms with van der Waals surface area (Å²) in [5, 5.41) is 0. The molecule has 2 unspecified atom stereocenters. The lowest BCUT2D eigenvalue weighted by Gasteiger charge is -2.19. The fourth-order valence-electron chi connectivity index (χ4n) is 5.50. The lowest BCUT2D eigenvalue weighted by molar-refractivity contribution is -0.147. The summed E-state index contributed by atoms with van der Waals surface area (Å²) in [6, 6.07) is 0. The number of phosphoric acid groups is 1. The van der Waals surface area contributed by atoms with Gasteiger partial charge in [0.2, 0.25) is 0 Å². The summed E-state index contributed by atoms with van der Waals surface area (Å²) in [4.78, 5) is 22.2. The van der Waals surface area contributed by atoms with Crippen molar-refractivity contribution < 1.29 is 32.8 Å². The van der Waals surface area contributed by atoms with E-state index in [0.717, 1.165) is 32.1 Å². The Labute approximate surface area is 308 Å². The van der Waals surface area contributed by atoms with Gasteiger partial charge in [0.1, 0.15) is 6.61 Å². The van der Waals surface area contributed by atoms with Gasteiger partial charge in [0, 0.05) is 13.0 Å². The van der Waals surface area contributed by atoms with Gasteiger partial charge in [-0.05, 0) is 76.7 Å². The summed E-state index contributed by atoms with van der Waals surface area (Å²) in [7, 11) is -4.27. The van der Waals surface area contributed by atoms with Crippen LogP contribution in [0.1, 0.15) is 187 Å². The lowest BCUT2D eigenvalue weighted by atomic mass is 10.1. The molecule has 0 saturated heterocycles. The number of phosphoric ester groups is 1. The number of hydrogen-bond donors (Lipinski definition) is 2. The molecular weight excluding hydrogens is 649 g/mol. The molecule has 0 aromatic carbocycles. The Bertz CT molecular complexity index is 864. The zero-order valence-corrected chi connectivity index (χ0v) is 33.3. The van der Waals surface area contributed by atoms with Crippen molar-refractivity contribution in [3.05, 3.63) is 36.6 Å². The van der Waals surface area contributed by atoms with Crippen LogP contribution in [-0.2, 0) is 27.9 Å². The van der Waals surface area contributed by atoms with Crippen LogP contribution in [0, 0.1) is 0 Å². The van der Waals surface area contributed by atoms with E-state index in [9.17, 15) is 14.3 Å². The predicted octanol–water partition coefficient (Wildman–Crippen LogP) is 12.2. The number of esters is 1. The van der Waals surface area contributed by atoms with Gasteiger partial charge >= 0.3 is 13.8 Å². The fraction of sp³-hybridized carbons (Fsp3) is 0.829. The van der Waals surface area contributed by atoms with Crippen LogP contribution in [0.4, 0.5) is 0 Å². The fourth-order valence-corrected chi connectivity index (χ4v) is 6.26. The van der Waals surface area contributed by atoms with Crippen LogP contribution in [0.3, 0.4) is 0 Å². The molecular formula is C41H78NO7P. The summed E-state index contributed by atoms with van der Waals surface area (Å²) in [6.07, 6.45) is 44.0. The summed E-state index contributed by atoms with van der Waals surface area (Å²) in [5.41, 5.74) is 5.36. The van der Waals surface area contributed by atoms with Crippen molar-refractivity contribution in [2.24, 2.45) is 5.73 Å². The Kier molecular flexibility index (Phi) is 37.7. The van der Waals surface area contributed by atoms with Gasteiger partial charge in [-0.1, -0.05) is 134 Å². The van der Waals surface area contributed by atoms with Crippen molar-refractivity contribution in [2.45, 2.75) is 193 Å². The Morgan fingerprint density at radius 1 is 0.600 bits per heavy atom. The molecule has 0 aromatic heterocycles. The van der Waals surface area contributed by atoms with E-state index in [1.807, 2.05) is 6.08 Å². The number of nitrogens with two attached hydrogens (primary N) is 1. The number of hydrogen-bond acceptors (Lipinski definition) is 7. The zero-order valence-electron chi connectivity index (χ0n) is 32.4. The third-order valence-electron chi connectivity index (χ3n) is 8.62. The van der Waals surface area contributed by atoms with E-state index in [1.54, 1.807) is 6.26 Å². The molecule has 0 aliphatic carbocycles. The molecule has 3 N–H and O–H groups in total. The first kappa shape index (κ1) is 48.6. The van der Waals surface area contributed by atoms with Crippen LogP contribution in [0.25, 0.3) is 0 Å². The topological polar surface area (TPSA) is 117 Å². The van der Waals surface area contributed by atoms with Crippen LogP contribution >= 0.6 is 7.82 Å². The molecule has 0 fully saturated rings. The van der Waals surface area contributed by atoms with Gasteiger partial charge in [-0.15, -0.1) is 0 Å². The Hall–Kier alpha value is -1.44. The molecule has 0 aliphatic rings. The van der Waals surface area contributed by atoms with Gasteiger partial charge < -0.3 is 20.1 Å². The van der Waals surface area contributed by atoms with E-state index in [2.05, 4.69) is 38.2 Å². The van der Waals surface area contributed by atoms with Crippen LogP contribution in [0.2, 0.25) is 0 Å². The van der Waals surface area contributed by atoms with E-state index in [1.165, 1.54) is 135 Å². The highest BCUT2D eigenvalue weighted by Crippen LogP contribution is 2.43. The molecule has 0 radical (unpaired) electrons. The standard InChI is InChI=1S/C41H78NO7P/c1-3-5-7-9-11-13-15-17-19-21-23-25-27-29-31-33-36-46-40(39-49-50(44,45)48-37-35-42)38-47-41(43)34-32-30-28-26-24-22-20-18-16-14-12-10-8-6-4-2/h13-16,33,36,40H,3-12,17-32,34-35,37-39,42H2,1-2H3,(H,44,45). The van der Waals surface area contributed by atoms with Gasteiger partial charge in [0.05, 0.1) is 19.5 Å². The summed E-state index contributed by atoms with van der Waals surface area (Å²) in [6.45, 7) is 4.18.